The van der Waals surface area contributed by atoms with Gasteiger partial charge in [0.25, 0.3) is 0 Å². The largest absolute Gasteiger partial charge is 0.467 e. The van der Waals surface area contributed by atoms with Gasteiger partial charge in [-0.25, -0.2) is 0 Å². The van der Waals surface area contributed by atoms with Gasteiger partial charge in [0.15, 0.2) is 8.32 Å². The molecule has 0 saturated heterocycles. The summed E-state index contributed by atoms with van der Waals surface area (Å²) in [5.41, 5.74) is 2.32. The van der Waals surface area contributed by atoms with Gasteiger partial charge in [0.2, 0.25) is 0 Å². The molecular weight excluding hydrogens is 316 g/mol. The van der Waals surface area contributed by atoms with Crippen LogP contribution >= 0.6 is 0 Å². The first-order valence-corrected chi connectivity index (χ1v) is 11.8. The van der Waals surface area contributed by atoms with Gasteiger partial charge in [-0.2, -0.15) is 0 Å². The van der Waals surface area contributed by atoms with E-state index in [1.165, 1.54) is 5.57 Å². The molecule has 1 heterocycles. The minimum Gasteiger partial charge on any atom is -0.467 e. The molecule has 4 heteroatoms. The Bertz CT molecular complexity index is 579. The molecular formula is C20H32O3Si. The number of furan rings is 1. The fraction of sp³-hybridized carbons (Fsp3) is 0.600. The van der Waals surface area contributed by atoms with Gasteiger partial charge in [0.1, 0.15) is 11.9 Å². The molecule has 0 radical (unpaired) electrons. The first kappa shape index (κ1) is 19.2. The lowest BCUT2D eigenvalue weighted by molar-refractivity contribution is 0.105. The van der Waals surface area contributed by atoms with Crippen molar-refractivity contribution in [3.05, 3.63) is 48.0 Å². The highest BCUT2D eigenvalue weighted by Gasteiger charge is 2.37. The molecule has 1 fully saturated rings. The molecule has 134 valence electrons. The second kappa shape index (κ2) is 7.42. The SMILES string of the molecule is C=C1/C(=C/CCO[Si](C)(C)C(C)(C)C)CC[C@@H]1[C@@H](O)c1ccco1. The molecule has 2 rings (SSSR count). The Hall–Kier alpha value is -1.10. The lowest BCUT2D eigenvalue weighted by Gasteiger charge is -2.36. The molecule has 1 N–H and O–H groups in total. The van der Waals surface area contributed by atoms with Crippen LogP contribution in [0.5, 0.6) is 0 Å². The van der Waals surface area contributed by atoms with Crippen molar-refractivity contribution in [1.29, 1.82) is 0 Å². The predicted octanol–water partition coefficient (Wildman–Crippen LogP) is 5.62. The third kappa shape index (κ3) is 4.29. The summed E-state index contributed by atoms with van der Waals surface area (Å²) in [5, 5.41) is 10.7. The van der Waals surface area contributed by atoms with Crippen molar-refractivity contribution in [2.75, 3.05) is 6.61 Å². The number of aliphatic hydroxyl groups excluding tert-OH is 1. The Kier molecular flexibility index (Phi) is 5.94. The normalized spacial score (nSPS) is 22.3. The Morgan fingerprint density at radius 3 is 2.75 bits per heavy atom. The molecule has 0 bridgehead atoms. The fourth-order valence-electron chi connectivity index (χ4n) is 2.89. The summed E-state index contributed by atoms with van der Waals surface area (Å²) in [6, 6.07) is 3.64. The van der Waals surface area contributed by atoms with E-state index in [9.17, 15) is 5.11 Å². The van der Waals surface area contributed by atoms with Crippen LogP contribution in [0.4, 0.5) is 0 Å². The van der Waals surface area contributed by atoms with Gasteiger partial charge in [0, 0.05) is 12.5 Å². The van der Waals surface area contributed by atoms with Gasteiger partial charge in [-0.1, -0.05) is 33.4 Å². The molecule has 1 aliphatic rings. The number of hydrogen-bond donors (Lipinski definition) is 1. The summed E-state index contributed by atoms with van der Waals surface area (Å²) in [5.74, 6) is 0.687. The van der Waals surface area contributed by atoms with E-state index in [-0.39, 0.29) is 11.0 Å². The van der Waals surface area contributed by atoms with Crippen molar-refractivity contribution >= 4 is 8.32 Å². The highest BCUT2D eigenvalue weighted by molar-refractivity contribution is 6.74. The van der Waals surface area contributed by atoms with E-state index in [0.717, 1.165) is 31.4 Å². The molecule has 0 spiro atoms. The van der Waals surface area contributed by atoms with Gasteiger partial charge < -0.3 is 13.9 Å². The second-order valence-corrected chi connectivity index (χ2v) is 13.1. The summed E-state index contributed by atoms with van der Waals surface area (Å²) in [6.45, 7) is 16.3. The maximum atomic E-state index is 10.5. The third-order valence-electron chi connectivity index (χ3n) is 5.58. The van der Waals surface area contributed by atoms with Crippen molar-refractivity contribution in [1.82, 2.24) is 0 Å². The van der Waals surface area contributed by atoms with Crippen molar-refractivity contribution < 1.29 is 13.9 Å². The third-order valence-corrected chi connectivity index (χ3v) is 10.1. The molecule has 0 aromatic carbocycles. The zero-order valence-electron chi connectivity index (χ0n) is 15.8. The lowest BCUT2D eigenvalue weighted by atomic mass is 9.94. The highest BCUT2D eigenvalue weighted by Crippen LogP contribution is 2.42. The zero-order valence-corrected chi connectivity index (χ0v) is 16.8. The quantitative estimate of drug-likeness (QED) is 0.536. The Balaban J connectivity index is 1.88. The maximum Gasteiger partial charge on any atom is 0.191 e. The average molecular weight is 349 g/mol. The molecule has 0 amide bonds. The van der Waals surface area contributed by atoms with Crippen molar-refractivity contribution in [3.63, 3.8) is 0 Å². The van der Waals surface area contributed by atoms with Gasteiger partial charge >= 0.3 is 0 Å². The van der Waals surface area contributed by atoms with Crippen molar-refractivity contribution in [2.45, 2.75) is 64.3 Å². The van der Waals surface area contributed by atoms with Crippen LogP contribution in [0.15, 0.2) is 46.6 Å². The Labute approximate surface area is 147 Å². The van der Waals surface area contributed by atoms with Crippen molar-refractivity contribution in [2.24, 2.45) is 5.92 Å². The zero-order chi connectivity index (χ0) is 18.0. The van der Waals surface area contributed by atoms with E-state index >= 15 is 0 Å². The topological polar surface area (TPSA) is 42.6 Å². The standard InChI is InChI=1S/C20H32O3Si/c1-15-16(9-7-14-23-24(5,6)20(2,3)4)11-12-17(15)19(21)18-10-8-13-22-18/h8-10,13,17,19,21H,1,7,11-12,14H2,2-6H3/b16-9+/t17-,19+/m0/s1. The smallest absolute Gasteiger partial charge is 0.191 e. The fourth-order valence-corrected chi connectivity index (χ4v) is 3.95. The van der Waals surface area contributed by atoms with Crippen LogP contribution in [0.3, 0.4) is 0 Å². The summed E-state index contributed by atoms with van der Waals surface area (Å²) in [7, 11) is -1.67. The predicted molar refractivity (Wildman–Crippen MR) is 101 cm³/mol. The van der Waals surface area contributed by atoms with Gasteiger partial charge in [-0.15, -0.1) is 0 Å². The van der Waals surface area contributed by atoms with E-state index in [4.69, 9.17) is 8.84 Å². The van der Waals surface area contributed by atoms with E-state index in [0.29, 0.717) is 5.76 Å². The van der Waals surface area contributed by atoms with Crippen LogP contribution in [-0.2, 0) is 4.43 Å². The Morgan fingerprint density at radius 2 is 2.17 bits per heavy atom. The maximum absolute atomic E-state index is 10.5. The van der Waals surface area contributed by atoms with Gasteiger partial charge in [0.05, 0.1) is 6.26 Å². The van der Waals surface area contributed by atoms with Gasteiger partial charge in [-0.3, -0.25) is 0 Å². The van der Waals surface area contributed by atoms with Gasteiger partial charge in [-0.05, 0) is 60.7 Å². The van der Waals surface area contributed by atoms with Crippen LogP contribution < -0.4 is 0 Å². The molecule has 0 unspecified atom stereocenters. The minimum atomic E-state index is -1.67. The number of rotatable bonds is 6. The molecule has 0 aliphatic heterocycles. The molecule has 3 nitrogen and oxygen atoms in total. The van der Waals surface area contributed by atoms with Crippen molar-refractivity contribution in [3.8, 4) is 0 Å². The molecule has 24 heavy (non-hydrogen) atoms. The lowest BCUT2D eigenvalue weighted by Crippen LogP contribution is -2.40. The monoisotopic (exact) mass is 348 g/mol. The molecule has 1 aliphatic carbocycles. The Morgan fingerprint density at radius 1 is 1.46 bits per heavy atom. The van der Waals surface area contributed by atoms with E-state index in [1.807, 2.05) is 12.1 Å². The first-order valence-electron chi connectivity index (χ1n) is 8.87. The van der Waals surface area contributed by atoms with E-state index < -0.39 is 14.4 Å². The van der Waals surface area contributed by atoms with E-state index in [2.05, 4.69) is 46.5 Å². The van der Waals surface area contributed by atoms with Crippen LogP contribution in [0.2, 0.25) is 18.1 Å². The van der Waals surface area contributed by atoms with Crippen LogP contribution in [0.1, 0.15) is 51.9 Å². The number of aliphatic hydroxyl groups is 1. The second-order valence-electron chi connectivity index (χ2n) is 8.26. The van der Waals surface area contributed by atoms with Crippen LogP contribution in [0.25, 0.3) is 0 Å². The highest BCUT2D eigenvalue weighted by atomic mass is 28.4. The minimum absolute atomic E-state index is 0.0590. The molecule has 1 aromatic rings. The summed E-state index contributed by atoms with van der Waals surface area (Å²) >= 11 is 0. The summed E-state index contributed by atoms with van der Waals surface area (Å²) < 4.78 is 11.6. The molecule has 1 saturated carbocycles. The van der Waals surface area contributed by atoms with Crippen LogP contribution in [-0.4, -0.2) is 20.0 Å². The average Bonchev–Trinajstić information content (AvgIpc) is 3.12. The van der Waals surface area contributed by atoms with E-state index in [1.54, 1.807) is 6.26 Å². The number of allylic oxidation sites excluding steroid dienone is 1. The summed E-state index contributed by atoms with van der Waals surface area (Å²) in [4.78, 5) is 0. The molecule has 1 aromatic heterocycles. The van der Waals surface area contributed by atoms with Crippen LogP contribution in [0, 0.1) is 5.92 Å². The number of hydrogen-bond acceptors (Lipinski definition) is 3. The summed E-state index contributed by atoms with van der Waals surface area (Å²) in [6.07, 6.45) is 6.05. The molecule has 2 atom stereocenters. The first-order chi connectivity index (χ1) is 11.1.